The molecule has 1 aliphatic rings. The Morgan fingerprint density at radius 3 is 3.00 bits per heavy atom. The van der Waals surface area contributed by atoms with Crippen LogP contribution in [0.2, 0.25) is 0 Å². The van der Waals surface area contributed by atoms with Crippen LogP contribution in [0.1, 0.15) is 16.9 Å². The number of carbonyl (C=O) groups excluding carboxylic acids is 1. The second kappa shape index (κ2) is 5.28. The molecule has 3 N–H and O–H groups in total. The van der Waals surface area contributed by atoms with Crippen molar-refractivity contribution in [2.24, 2.45) is 0 Å². The first kappa shape index (κ1) is 12.7. The smallest absolute Gasteiger partial charge is 0.271 e. The van der Waals surface area contributed by atoms with Gasteiger partial charge in [-0.25, -0.2) is 0 Å². The number of nitrogens with two attached hydrogens (primary N) is 1. The van der Waals surface area contributed by atoms with Gasteiger partial charge in [-0.15, -0.1) is 10.2 Å². The summed E-state index contributed by atoms with van der Waals surface area (Å²) in [4.78, 5) is 11.8. The van der Waals surface area contributed by atoms with E-state index in [1.54, 1.807) is 7.11 Å². The van der Waals surface area contributed by atoms with Crippen LogP contribution in [-0.2, 0) is 9.47 Å². The van der Waals surface area contributed by atoms with Gasteiger partial charge in [-0.05, 0) is 12.1 Å². The molecule has 7 heteroatoms. The Morgan fingerprint density at radius 1 is 1.61 bits per heavy atom. The molecule has 1 fully saturated rings. The number of anilines is 1. The Morgan fingerprint density at radius 2 is 2.44 bits per heavy atom. The number of nitrogens with zero attached hydrogens (tertiary/aromatic N) is 2. The van der Waals surface area contributed by atoms with E-state index in [1.165, 1.54) is 12.1 Å². The maximum absolute atomic E-state index is 11.8. The van der Waals surface area contributed by atoms with E-state index < -0.39 is 5.60 Å². The summed E-state index contributed by atoms with van der Waals surface area (Å²) in [5, 5.41) is 10.1. The van der Waals surface area contributed by atoms with Crippen molar-refractivity contribution in [2.45, 2.75) is 12.0 Å². The SMILES string of the molecule is COC1(CNC(=O)c2ccc(N)nn2)CCOC1. The highest BCUT2D eigenvalue weighted by Gasteiger charge is 2.35. The molecule has 0 saturated carbocycles. The zero-order valence-electron chi connectivity index (χ0n) is 10.2. The van der Waals surface area contributed by atoms with Crippen molar-refractivity contribution >= 4 is 11.7 Å². The lowest BCUT2D eigenvalue weighted by Crippen LogP contribution is -2.45. The van der Waals surface area contributed by atoms with E-state index in [-0.39, 0.29) is 17.4 Å². The third kappa shape index (κ3) is 2.74. The average Bonchev–Trinajstić information content (AvgIpc) is 2.86. The summed E-state index contributed by atoms with van der Waals surface area (Å²) in [5.41, 5.74) is 5.20. The highest BCUT2D eigenvalue weighted by molar-refractivity contribution is 5.92. The summed E-state index contributed by atoms with van der Waals surface area (Å²) in [6.07, 6.45) is 0.761. The summed E-state index contributed by atoms with van der Waals surface area (Å²) in [7, 11) is 1.61. The van der Waals surface area contributed by atoms with Crippen molar-refractivity contribution in [2.75, 3.05) is 32.6 Å². The van der Waals surface area contributed by atoms with Gasteiger partial charge in [-0.3, -0.25) is 4.79 Å². The minimum atomic E-state index is -0.434. The van der Waals surface area contributed by atoms with E-state index in [9.17, 15) is 4.79 Å². The van der Waals surface area contributed by atoms with E-state index in [1.807, 2.05) is 0 Å². The second-order valence-corrected chi connectivity index (χ2v) is 4.22. The van der Waals surface area contributed by atoms with Crippen molar-refractivity contribution in [1.82, 2.24) is 15.5 Å². The molecule has 1 aromatic rings. The normalized spacial score (nSPS) is 22.9. The lowest BCUT2D eigenvalue weighted by atomic mass is 10.0. The molecular weight excluding hydrogens is 236 g/mol. The molecule has 18 heavy (non-hydrogen) atoms. The Labute approximate surface area is 105 Å². The van der Waals surface area contributed by atoms with Gasteiger partial charge in [0, 0.05) is 26.7 Å². The van der Waals surface area contributed by atoms with E-state index >= 15 is 0 Å². The van der Waals surface area contributed by atoms with Crippen LogP contribution in [0.4, 0.5) is 5.82 Å². The summed E-state index contributed by atoms with van der Waals surface area (Å²) in [6.45, 7) is 1.51. The van der Waals surface area contributed by atoms with Crippen LogP contribution in [0.3, 0.4) is 0 Å². The molecule has 1 saturated heterocycles. The number of nitrogen functional groups attached to an aromatic ring is 1. The molecule has 0 bridgehead atoms. The third-order valence-electron chi connectivity index (χ3n) is 2.99. The third-order valence-corrected chi connectivity index (χ3v) is 2.99. The molecule has 1 aromatic heterocycles. The summed E-state index contributed by atoms with van der Waals surface area (Å²) in [6, 6.07) is 3.06. The van der Waals surface area contributed by atoms with Crippen molar-refractivity contribution in [1.29, 1.82) is 0 Å². The average molecular weight is 252 g/mol. The lowest BCUT2D eigenvalue weighted by Gasteiger charge is -2.25. The first-order valence-corrected chi connectivity index (χ1v) is 5.65. The molecule has 0 spiro atoms. The van der Waals surface area contributed by atoms with E-state index in [4.69, 9.17) is 15.2 Å². The minimum absolute atomic E-state index is 0.231. The number of ether oxygens (including phenoxy) is 2. The number of aromatic nitrogens is 2. The minimum Gasteiger partial charge on any atom is -0.382 e. The first-order chi connectivity index (χ1) is 8.65. The van der Waals surface area contributed by atoms with Crippen molar-refractivity contribution in [3.8, 4) is 0 Å². The highest BCUT2D eigenvalue weighted by Crippen LogP contribution is 2.21. The molecule has 98 valence electrons. The number of hydrogen-bond donors (Lipinski definition) is 2. The van der Waals surface area contributed by atoms with Crippen molar-refractivity contribution in [3.63, 3.8) is 0 Å². The molecule has 2 heterocycles. The standard InChI is InChI=1S/C11H16N4O3/c1-17-11(4-5-18-7-11)6-13-10(16)8-2-3-9(12)15-14-8/h2-3H,4-7H2,1H3,(H2,12,15)(H,13,16). The van der Waals surface area contributed by atoms with Crippen LogP contribution in [-0.4, -0.2) is 48.6 Å². The number of rotatable bonds is 4. The van der Waals surface area contributed by atoms with Crippen LogP contribution < -0.4 is 11.1 Å². The Hall–Kier alpha value is -1.73. The molecule has 2 rings (SSSR count). The molecule has 1 amide bonds. The molecule has 1 unspecified atom stereocenters. The molecule has 7 nitrogen and oxygen atoms in total. The second-order valence-electron chi connectivity index (χ2n) is 4.22. The van der Waals surface area contributed by atoms with Gasteiger partial charge in [0.15, 0.2) is 5.69 Å². The molecule has 0 radical (unpaired) electrons. The summed E-state index contributed by atoms with van der Waals surface area (Å²) in [5.74, 6) is -0.0186. The van der Waals surface area contributed by atoms with E-state index in [0.29, 0.717) is 19.8 Å². The summed E-state index contributed by atoms with van der Waals surface area (Å²) >= 11 is 0. The molecule has 1 aliphatic heterocycles. The van der Waals surface area contributed by atoms with Gasteiger partial charge in [0.25, 0.3) is 5.91 Å². The van der Waals surface area contributed by atoms with E-state index in [2.05, 4.69) is 15.5 Å². The molecule has 0 aromatic carbocycles. The number of methoxy groups -OCH3 is 1. The zero-order chi connectivity index (χ0) is 13.0. The maximum atomic E-state index is 11.8. The quantitative estimate of drug-likeness (QED) is 0.756. The first-order valence-electron chi connectivity index (χ1n) is 5.65. The molecular formula is C11H16N4O3. The van der Waals surface area contributed by atoms with Crippen LogP contribution >= 0.6 is 0 Å². The van der Waals surface area contributed by atoms with Gasteiger partial charge in [-0.1, -0.05) is 0 Å². The fourth-order valence-corrected chi connectivity index (χ4v) is 1.76. The van der Waals surface area contributed by atoms with Crippen molar-refractivity contribution < 1.29 is 14.3 Å². The van der Waals surface area contributed by atoms with Crippen LogP contribution in [0.5, 0.6) is 0 Å². The van der Waals surface area contributed by atoms with Crippen molar-refractivity contribution in [3.05, 3.63) is 17.8 Å². The number of hydrogen-bond acceptors (Lipinski definition) is 6. The number of amides is 1. The zero-order valence-corrected chi connectivity index (χ0v) is 10.2. The maximum Gasteiger partial charge on any atom is 0.271 e. The Balaban J connectivity index is 1.93. The summed E-state index contributed by atoms with van der Waals surface area (Å²) < 4.78 is 10.7. The highest BCUT2D eigenvalue weighted by atomic mass is 16.5. The van der Waals surface area contributed by atoms with E-state index in [0.717, 1.165) is 6.42 Å². The predicted molar refractivity (Wildman–Crippen MR) is 64.0 cm³/mol. The van der Waals surface area contributed by atoms with Gasteiger partial charge in [0.1, 0.15) is 11.4 Å². The van der Waals surface area contributed by atoms with Crippen LogP contribution in [0.15, 0.2) is 12.1 Å². The van der Waals surface area contributed by atoms with Gasteiger partial charge in [0.2, 0.25) is 0 Å². The monoisotopic (exact) mass is 252 g/mol. The fraction of sp³-hybridized carbons (Fsp3) is 0.545. The van der Waals surface area contributed by atoms with Crippen LogP contribution in [0, 0.1) is 0 Å². The van der Waals surface area contributed by atoms with Gasteiger partial charge in [-0.2, -0.15) is 0 Å². The Kier molecular flexibility index (Phi) is 3.73. The lowest BCUT2D eigenvalue weighted by molar-refractivity contribution is -0.0149. The largest absolute Gasteiger partial charge is 0.382 e. The Bertz CT molecular complexity index is 415. The number of nitrogens with one attached hydrogen (secondary N) is 1. The van der Waals surface area contributed by atoms with Gasteiger partial charge >= 0.3 is 0 Å². The topological polar surface area (TPSA) is 99.4 Å². The molecule has 0 aliphatic carbocycles. The number of carbonyl (C=O) groups is 1. The predicted octanol–water partition coefficient (Wildman–Crippen LogP) is -0.406. The van der Waals surface area contributed by atoms with Gasteiger partial charge in [0.05, 0.1) is 6.61 Å². The molecule has 1 atom stereocenters. The fourth-order valence-electron chi connectivity index (χ4n) is 1.76. The van der Waals surface area contributed by atoms with Gasteiger partial charge < -0.3 is 20.5 Å². The van der Waals surface area contributed by atoms with Crippen LogP contribution in [0.25, 0.3) is 0 Å².